The Bertz CT molecular complexity index is 748. The number of rotatable bonds is 5. The molecule has 0 radical (unpaired) electrons. The van der Waals surface area contributed by atoms with Crippen molar-refractivity contribution in [3.63, 3.8) is 0 Å². The van der Waals surface area contributed by atoms with E-state index in [2.05, 4.69) is 25.6 Å². The molecule has 5 nitrogen and oxygen atoms in total. The van der Waals surface area contributed by atoms with Gasteiger partial charge in [0.15, 0.2) is 0 Å². The van der Waals surface area contributed by atoms with Crippen molar-refractivity contribution in [3.05, 3.63) is 57.8 Å². The minimum absolute atomic E-state index is 0.0988. The molecule has 0 bridgehead atoms. The molecular formula is C14H15BrN2O3S. The number of sulfonamides is 1. The van der Waals surface area contributed by atoms with Gasteiger partial charge in [0.25, 0.3) is 0 Å². The third kappa shape index (κ3) is 4.10. The summed E-state index contributed by atoms with van der Waals surface area (Å²) in [6.45, 7) is 1.74. The zero-order chi connectivity index (χ0) is 15.5. The molecule has 0 atom stereocenters. The summed E-state index contributed by atoms with van der Waals surface area (Å²) in [6, 6.07) is 10.1. The number of hydrogen-bond acceptors (Lipinski definition) is 4. The first-order valence-electron chi connectivity index (χ1n) is 6.24. The molecule has 0 spiro atoms. The largest absolute Gasteiger partial charge is 0.392 e. The van der Waals surface area contributed by atoms with E-state index in [9.17, 15) is 8.42 Å². The van der Waals surface area contributed by atoms with Crippen LogP contribution >= 0.6 is 15.9 Å². The van der Waals surface area contributed by atoms with E-state index in [1.54, 1.807) is 18.2 Å². The van der Waals surface area contributed by atoms with Crippen molar-refractivity contribution in [2.24, 2.45) is 0 Å². The Morgan fingerprint density at radius 3 is 2.71 bits per heavy atom. The number of benzene rings is 1. The number of halogens is 1. The van der Waals surface area contributed by atoms with Crippen LogP contribution in [0, 0.1) is 6.92 Å². The summed E-state index contributed by atoms with van der Waals surface area (Å²) >= 11 is 3.22. The van der Waals surface area contributed by atoms with Gasteiger partial charge in [-0.1, -0.05) is 12.1 Å². The van der Waals surface area contributed by atoms with Crippen LogP contribution in [0.2, 0.25) is 0 Å². The topological polar surface area (TPSA) is 79.3 Å². The van der Waals surface area contributed by atoms with Gasteiger partial charge in [0.2, 0.25) is 10.0 Å². The lowest BCUT2D eigenvalue weighted by Gasteiger charge is -2.10. The van der Waals surface area contributed by atoms with Crippen LogP contribution in [0.5, 0.6) is 0 Å². The molecule has 1 aromatic carbocycles. The van der Waals surface area contributed by atoms with E-state index in [-0.39, 0.29) is 18.0 Å². The van der Waals surface area contributed by atoms with Gasteiger partial charge in [0, 0.05) is 10.2 Å². The third-order valence-corrected chi connectivity index (χ3v) is 5.25. The molecule has 0 aliphatic heterocycles. The average Bonchev–Trinajstić information content (AvgIpc) is 2.46. The second-order valence-electron chi connectivity index (χ2n) is 4.52. The van der Waals surface area contributed by atoms with Gasteiger partial charge in [-0.3, -0.25) is 4.98 Å². The van der Waals surface area contributed by atoms with Crippen molar-refractivity contribution in [2.75, 3.05) is 0 Å². The monoisotopic (exact) mass is 370 g/mol. The van der Waals surface area contributed by atoms with Crippen LogP contribution in [0.15, 0.2) is 45.8 Å². The summed E-state index contributed by atoms with van der Waals surface area (Å²) in [5.41, 5.74) is 2.01. The maximum absolute atomic E-state index is 12.3. The highest BCUT2D eigenvalue weighted by Gasteiger charge is 2.18. The van der Waals surface area contributed by atoms with Crippen molar-refractivity contribution >= 4 is 26.0 Å². The number of aromatic nitrogens is 1. The number of nitrogens with one attached hydrogen (secondary N) is 1. The smallest absolute Gasteiger partial charge is 0.242 e. The van der Waals surface area contributed by atoms with E-state index in [0.29, 0.717) is 15.7 Å². The molecule has 1 heterocycles. The molecule has 2 rings (SSSR count). The Morgan fingerprint density at radius 2 is 2.05 bits per heavy atom. The molecule has 0 aliphatic rings. The Hall–Kier alpha value is -1.28. The van der Waals surface area contributed by atoms with Gasteiger partial charge in [-0.05, 0) is 52.7 Å². The number of aliphatic hydroxyl groups excluding tert-OH is 1. The summed E-state index contributed by atoms with van der Waals surface area (Å²) in [4.78, 5) is 4.35. The predicted molar refractivity (Wildman–Crippen MR) is 83.1 cm³/mol. The van der Waals surface area contributed by atoms with E-state index >= 15 is 0 Å². The zero-order valence-corrected chi connectivity index (χ0v) is 13.8. The van der Waals surface area contributed by atoms with Gasteiger partial charge in [-0.15, -0.1) is 0 Å². The van der Waals surface area contributed by atoms with Crippen molar-refractivity contribution in [1.82, 2.24) is 9.71 Å². The summed E-state index contributed by atoms with van der Waals surface area (Å²) in [5, 5.41) is 9.12. The molecule has 0 aliphatic carbocycles. The van der Waals surface area contributed by atoms with E-state index in [1.807, 2.05) is 19.1 Å². The van der Waals surface area contributed by atoms with Gasteiger partial charge < -0.3 is 5.11 Å². The fourth-order valence-corrected chi connectivity index (χ4v) is 3.81. The molecular weight excluding hydrogens is 356 g/mol. The highest BCUT2D eigenvalue weighted by Crippen LogP contribution is 2.23. The summed E-state index contributed by atoms with van der Waals surface area (Å²) in [5.74, 6) is 0. The molecule has 0 saturated heterocycles. The molecule has 0 saturated carbocycles. The fraction of sp³-hybridized carbons (Fsp3) is 0.214. The first-order chi connectivity index (χ1) is 9.92. The molecule has 0 fully saturated rings. The van der Waals surface area contributed by atoms with Crippen LogP contribution in [-0.2, 0) is 23.2 Å². The summed E-state index contributed by atoms with van der Waals surface area (Å²) in [6.07, 6.45) is 0. The Balaban J connectivity index is 2.22. The maximum atomic E-state index is 12.3. The number of nitrogens with zero attached hydrogens (tertiary/aromatic N) is 1. The average molecular weight is 371 g/mol. The summed E-state index contributed by atoms with van der Waals surface area (Å²) in [7, 11) is -3.68. The standard InChI is InChI=1S/C14H15BrN2O3S/c1-10-3-2-4-12(17-10)8-16-21(19,20)14-7-11(9-18)5-6-13(14)15/h2-7,16,18H,8-9H2,1H3. The lowest BCUT2D eigenvalue weighted by molar-refractivity contribution is 0.281. The quantitative estimate of drug-likeness (QED) is 0.844. The van der Waals surface area contributed by atoms with Crippen LogP contribution in [0.4, 0.5) is 0 Å². The Morgan fingerprint density at radius 1 is 1.29 bits per heavy atom. The lowest BCUT2D eigenvalue weighted by Crippen LogP contribution is -2.24. The minimum Gasteiger partial charge on any atom is -0.392 e. The van der Waals surface area contributed by atoms with Crippen LogP contribution in [-0.4, -0.2) is 18.5 Å². The number of aryl methyl sites for hydroxylation is 1. The van der Waals surface area contributed by atoms with Crippen LogP contribution in [0.1, 0.15) is 17.0 Å². The molecule has 2 aromatic rings. The number of hydrogen-bond donors (Lipinski definition) is 2. The van der Waals surface area contributed by atoms with Gasteiger partial charge in [-0.2, -0.15) is 0 Å². The molecule has 1 aromatic heterocycles. The number of pyridine rings is 1. The van der Waals surface area contributed by atoms with Crippen molar-refractivity contribution < 1.29 is 13.5 Å². The third-order valence-electron chi connectivity index (χ3n) is 2.86. The normalized spacial score (nSPS) is 11.6. The second kappa shape index (κ2) is 6.65. The Kier molecular flexibility index (Phi) is 5.10. The maximum Gasteiger partial charge on any atom is 0.242 e. The lowest BCUT2D eigenvalue weighted by atomic mass is 10.2. The zero-order valence-electron chi connectivity index (χ0n) is 11.4. The fourth-order valence-electron chi connectivity index (χ4n) is 1.80. The van der Waals surface area contributed by atoms with Crippen molar-refractivity contribution in [3.8, 4) is 0 Å². The predicted octanol–water partition coefficient (Wildman–Crippen LogP) is 2.12. The van der Waals surface area contributed by atoms with E-state index in [1.165, 1.54) is 6.07 Å². The Labute approximate surface area is 132 Å². The van der Waals surface area contributed by atoms with E-state index < -0.39 is 10.0 Å². The van der Waals surface area contributed by atoms with E-state index in [4.69, 9.17) is 5.11 Å². The molecule has 112 valence electrons. The molecule has 21 heavy (non-hydrogen) atoms. The number of aliphatic hydroxyl groups is 1. The highest BCUT2D eigenvalue weighted by atomic mass is 79.9. The van der Waals surface area contributed by atoms with Crippen molar-refractivity contribution in [2.45, 2.75) is 25.0 Å². The molecule has 0 amide bonds. The molecule has 7 heteroatoms. The van der Waals surface area contributed by atoms with Gasteiger partial charge >= 0.3 is 0 Å². The van der Waals surface area contributed by atoms with E-state index in [0.717, 1.165) is 5.69 Å². The van der Waals surface area contributed by atoms with Gasteiger partial charge in [-0.25, -0.2) is 13.1 Å². The highest BCUT2D eigenvalue weighted by molar-refractivity contribution is 9.10. The van der Waals surface area contributed by atoms with Gasteiger partial charge in [0.1, 0.15) is 0 Å². The first kappa shape index (κ1) is 16.1. The second-order valence-corrected chi connectivity index (χ2v) is 7.11. The van der Waals surface area contributed by atoms with Crippen LogP contribution in [0.3, 0.4) is 0 Å². The summed E-state index contributed by atoms with van der Waals surface area (Å²) < 4.78 is 27.6. The van der Waals surface area contributed by atoms with Crippen LogP contribution in [0.25, 0.3) is 0 Å². The molecule has 0 unspecified atom stereocenters. The van der Waals surface area contributed by atoms with Crippen molar-refractivity contribution in [1.29, 1.82) is 0 Å². The van der Waals surface area contributed by atoms with Crippen LogP contribution < -0.4 is 4.72 Å². The molecule has 2 N–H and O–H groups in total. The SMILES string of the molecule is Cc1cccc(CNS(=O)(=O)c2cc(CO)ccc2Br)n1. The minimum atomic E-state index is -3.68. The van der Waals surface area contributed by atoms with Gasteiger partial charge in [0.05, 0.1) is 23.7 Å². The first-order valence-corrected chi connectivity index (χ1v) is 8.51.